The zero-order valence-corrected chi connectivity index (χ0v) is 16.7. The summed E-state index contributed by atoms with van der Waals surface area (Å²) in [5.41, 5.74) is 4.18. The number of phenolic OH excluding ortho intramolecular Hbond substituents is 1. The lowest BCUT2D eigenvalue weighted by molar-refractivity contribution is 0.0762. The number of nitrogens with one attached hydrogen (secondary N) is 1. The van der Waals surface area contributed by atoms with Crippen LogP contribution in [0.15, 0.2) is 54.6 Å². The zero-order chi connectivity index (χ0) is 19.8. The lowest BCUT2D eigenvalue weighted by Crippen LogP contribution is -2.35. The van der Waals surface area contributed by atoms with Crippen molar-refractivity contribution >= 4 is 11.6 Å². The molecule has 0 bridgehead atoms. The Bertz CT molecular complexity index is 926. The summed E-state index contributed by atoms with van der Waals surface area (Å²) in [6.45, 7) is 1.71. The fraction of sp³-hybridized carbons (Fsp3) is 0.400. The van der Waals surface area contributed by atoms with E-state index >= 15 is 0 Å². The number of benzene rings is 2. The average Bonchev–Trinajstić information content (AvgIpc) is 3.08. The molecule has 4 heteroatoms. The second-order valence-corrected chi connectivity index (χ2v) is 8.54. The van der Waals surface area contributed by atoms with Gasteiger partial charge in [0.05, 0.1) is 17.3 Å². The van der Waals surface area contributed by atoms with Crippen LogP contribution in [0.1, 0.15) is 65.5 Å². The molecule has 5 rings (SSSR count). The molecule has 0 aromatic heterocycles. The van der Waals surface area contributed by atoms with Crippen LogP contribution in [0, 0.1) is 5.92 Å². The Labute approximate surface area is 172 Å². The first-order chi connectivity index (χ1) is 14.2. The first-order valence-electron chi connectivity index (χ1n) is 10.9. The topological polar surface area (TPSA) is 52.6 Å². The normalized spacial score (nSPS) is 25.7. The van der Waals surface area contributed by atoms with E-state index < -0.39 is 0 Å². The fourth-order valence-corrected chi connectivity index (χ4v) is 5.26. The molecule has 2 aromatic carbocycles. The number of carbonyl (C=O) groups excluding carboxylic acids is 1. The van der Waals surface area contributed by atoms with Crippen molar-refractivity contribution < 1.29 is 9.90 Å². The summed E-state index contributed by atoms with van der Waals surface area (Å²) >= 11 is 0. The van der Waals surface area contributed by atoms with Crippen LogP contribution in [0.2, 0.25) is 0 Å². The third-order valence-corrected chi connectivity index (χ3v) is 6.77. The van der Waals surface area contributed by atoms with E-state index in [2.05, 4.69) is 23.5 Å². The summed E-state index contributed by atoms with van der Waals surface area (Å²) < 4.78 is 0. The SMILES string of the molecule is O=C(c1cccc2c1NC(c1ccc(O)cc1)C1CC=CC21)N1CCCCCC1. The summed E-state index contributed by atoms with van der Waals surface area (Å²) in [5, 5.41) is 13.4. The van der Waals surface area contributed by atoms with Gasteiger partial charge in [-0.05, 0) is 54.5 Å². The lowest BCUT2D eigenvalue weighted by Gasteiger charge is -2.38. The average molecular weight is 389 g/mol. The number of fused-ring (bicyclic) bond motifs is 3. The summed E-state index contributed by atoms with van der Waals surface area (Å²) in [4.78, 5) is 15.5. The highest BCUT2D eigenvalue weighted by molar-refractivity contribution is 6.00. The molecule has 0 saturated carbocycles. The zero-order valence-electron chi connectivity index (χ0n) is 16.7. The number of para-hydroxylation sites is 1. The largest absolute Gasteiger partial charge is 0.508 e. The second kappa shape index (κ2) is 7.58. The number of likely N-dealkylation sites (tertiary alicyclic amines) is 1. The van der Waals surface area contributed by atoms with Crippen molar-refractivity contribution in [2.45, 2.75) is 44.1 Å². The number of rotatable bonds is 2. The van der Waals surface area contributed by atoms with Crippen molar-refractivity contribution in [3.05, 3.63) is 71.3 Å². The van der Waals surface area contributed by atoms with Crippen LogP contribution >= 0.6 is 0 Å². The van der Waals surface area contributed by atoms with Gasteiger partial charge in [-0.25, -0.2) is 0 Å². The molecule has 0 radical (unpaired) electrons. The van der Waals surface area contributed by atoms with Crippen molar-refractivity contribution in [3.8, 4) is 5.75 Å². The van der Waals surface area contributed by atoms with E-state index in [0.717, 1.165) is 49.2 Å². The molecule has 150 valence electrons. The minimum Gasteiger partial charge on any atom is -0.508 e. The van der Waals surface area contributed by atoms with E-state index in [0.29, 0.717) is 11.8 Å². The molecular weight excluding hydrogens is 360 g/mol. The molecule has 4 nitrogen and oxygen atoms in total. The smallest absolute Gasteiger partial charge is 0.255 e. The van der Waals surface area contributed by atoms with Crippen molar-refractivity contribution in [2.75, 3.05) is 18.4 Å². The van der Waals surface area contributed by atoms with E-state index in [-0.39, 0.29) is 17.7 Å². The van der Waals surface area contributed by atoms with Gasteiger partial charge in [-0.15, -0.1) is 0 Å². The third-order valence-electron chi connectivity index (χ3n) is 6.77. The summed E-state index contributed by atoms with van der Waals surface area (Å²) in [5.74, 6) is 1.18. The molecule has 1 fully saturated rings. The highest BCUT2D eigenvalue weighted by atomic mass is 16.3. The number of hydrogen-bond donors (Lipinski definition) is 2. The highest BCUT2D eigenvalue weighted by Crippen LogP contribution is 2.50. The first kappa shape index (κ1) is 18.3. The molecule has 2 aliphatic heterocycles. The van der Waals surface area contributed by atoms with Gasteiger partial charge in [0, 0.05) is 19.0 Å². The van der Waals surface area contributed by atoms with Crippen molar-refractivity contribution in [2.24, 2.45) is 5.92 Å². The lowest BCUT2D eigenvalue weighted by atomic mass is 9.76. The Hall–Kier alpha value is -2.75. The molecule has 0 spiro atoms. The number of anilines is 1. The van der Waals surface area contributed by atoms with Gasteiger partial charge in [0.2, 0.25) is 0 Å². The van der Waals surface area contributed by atoms with Crippen LogP contribution in [0.5, 0.6) is 5.75 Å². The van der Waals surface area contributed by atoms with Crippen LogP contribution < -0.4 is 5.32 Å². The fourth-order valence-electron chi connectivity index (χ4n) is 5.26. The van der Waals surface area contributed by atoms with E-state index in [1.54, 1.807) is 12.1 Å². The van der Waals surface area contributed by atoms with Gasteiger partial charge in [-0.3, -0.25) is 4.79 Å². The summed E-state index contributed by atoms with van der Waals surface area (Å²) in [6, 6.07) is 13.8. The molecule has 1 aliphatic carbocycles. The molecule has 3 unspecified atom stereocenters. The molecule has 1 amide bonds. The monoisotopic (exact) mass is 388 g/mol. The molecule has 1 saturated heterocycles. The highest BCUT2D eigenvalue weighted by Gasteiger charge is 2.39. The maximum Gasteiger partial charge on any atom is 0.255 e. The van der Waals surface area contributed by atoms with Crippen LogP contribution in [-0.4, -0.2) is 29.0 Å². The Kier molecular flexibility index (Phi) is 4.78. The molecule has 2 aromatic rings. The van der Waals surface area contributed by atoms with Gasteiger partial charge in [0.1, 0.15) is 5.75 Å². The molecule has 3 atom stereocenters. The number of nitrogens with zero attached hydrogens (tertiary/aromatic N) is 1. The van der Waals surface area contributed by atoms with Gasteiger partial charge in [0.15, 0.2) is 0 Å². The first-order valence-corrected chi connectivity index (χ1v) is 10.9. The number of hydrogen-bond acceptors (Lipinski definition) is 3. The Morgan fingerprint density at radius 3 is 2.52 bits per heavy atom. The van der Waals surface area contributed by atoms with Gasteiger partial charge in [-0.2, -0.15) is 0 Å². The maximum absolute atomic E-state index is 13.4. The molecule has 29 heavy (non-hydrogen) atoms. The van der Waals surface area contributed by atoms with Crippen LogP contribution in [0.25, 0.3) is 0 Å². The van der Waals surface area contributed by atoms with Crippen LogP contribution in [0.4, 0.5) is 5.69 Å². The predicted octanol–water partition coefficient (Wildman–Crippen LogP) is 5.23. The van der Waals surface area contributed by atoms with Crippen LogP contribution in [-0.2, 0) is 0 Å². The van der Waals surface area contributed by atoms with Gasteiger partial charge < -0.3 is 15.3 Å². The van der Waals surface area contributed by atoms with E-state index in [9.17, 15) is 9.90 Å². The molecule has 2 heterocycles. The molecular formula is C25H28N2O2. The summed E-state index contributed by atoms with van der Waals surface area (Å²) in [6.07, 6.45) is 10.2. The minimum absolute atomic E-state index is 0.126. The number of phenols is 1. The number of carbonyl (C=O) groups is 1. The van der Waals surface area contributed by atoms with Crippen LogP contribution in [0.3, 0.4) is 0 Å². The predicted molar refractivity (Wildman–Crippen MR) is 115 cm³/mol. The Balaban J connectivity index is 1.53. The van der Waals surface area contributed by atoms with Gasteiger partial charge in [0.25, 0.3) is 5.91 Å². The van der Waals surface area contributed by atoms with Crippen molar-refractivity contribution in [3.63, 3.8) is 0 Å². The number of aromatic hydroxyl groups is 1. The quantitative estimate of drug-likeness (QED) is 0.692. The van der Waals surface area contributed by atoms with Crippen molar-refractivity contribution in [1.29, 1.82) is 0 Å². The van der Waals surface area contributed by atoms with E-state index in [1.165, 1.54) is 18.4 Å². The molecule has 3 aliphatic rings. The second-order valence-electron chi connectivity index (χ2n) is 8.54. The summed E-state index contributed by atoms with van der Waals surface area (Å²) in [7, 11) is 0. The minimum atomic E-state index is 0.126. The molecule has 2 N–H and O–H groups in total. The standard InChI is InChI=1S/C25H28N2O2/c28-18-13-11-17(12-14-18)23-20-8-5-7-19(20)21-9-6-10-22(24(21)26-23)25(29)27-15-3-1-2-4-16-27/h5-7,9-14,19-20,23,26,28H,1-4,8,15-16H2. The van der Waals surface area contributed by atoms with E-state index in [4.69, 9.17) is 0 Å². The Morgan fingerprint density at radius 1 is 1.00 bits per heavy atom. The number of amides is 1. The maximum atomic E-state index is 13.4. The van der Waals surface area contributed by atoms with Gasteiger partial charge in [-0.1, -0.05) is 49.3 Å². The van der Waals surface area contributed by atoms with Gasteiger partial charge >= 0.3 is 0 Å². The van der Waals surface area contributed by atoms with Crippen molar-refractivity contribution in [1.82, 2.24) is 4.90 Å². The third kappa shape index (κ3) is 3.31. The number of allylic oxidation sites excluding steroid dienone is 2. The Morgan fingerprint density at radius 2 is 1.76 bits per heavy atom. The van der Waals surface area contributed by atoms with E-state index in [1.807, 2.05) is 29.2 Å².